The largest absolute Gasteiger partial charge is 0.496 e. The van der Waals surface area contributed by atoms with Gasteiger partial charge < -0.3 is 15.0 Å². The fourth-order valence-electron chi connectivity index (χ4n) is 2.58. The number of amides is 1. The molecule has 0 heterocycles. The molecule has 1 amide bonds. The molecule has 0 aliphatic carbocycles. The maximum atomic E-state index is 12.5. The Bertz CT molecular complexity index is 727. The maximum Gasteiger partial charge on any atom is 0.255 e. The quantitative estimate of drug-likeness (QED) is 0.764. The zero-order valence-corrected chi connectivity index (χ0v) is 16.1. The average molecular weight is 391 g/mol. The van der Waals surface area contributed by atoms with E-state index in [9.17, 15) is 4.79 Å². The van der Waals surface area contributed by atoms with E-state index in [0.29, 0.717) is 11.3 Å². The van der Waals surface area contributed by atoms with Crippen molar-refractivity contribution in [3.8, 4) is 5.75 Å². The maximum absolute atomic E-state index is 12.5. The van der Waals surface area contributed by atoms with Crippen LogP contribution in [-0.4, -0.2) is 26.1 Å². The molecule has 2 aromatic carbocycles. The number of anilines is 2. The summed E-state index contributed by atoms with van der Waals surface area (Å²) in [5.41, 5.74) is 3.61. The van der Waals surface area contributed by atoms with E-state index in [2.05, 4.69) is 46.1 Å². The topological polar surface area (TPSA) is 41.6 Å². The third-order valence-electron chi connectivity index (χ3n) is 4.00. The van der Waals surface area contributed by atoms with Crippen molar-refractivity contribution in [1.29, 1.82) is 0 Å². The van der Waals surface area contributed by atoms with Crippen molar-refractivity contribution in [3.63, 3.8) is 0 Å². The van der Waals surface area contributed by atoms with Gasteiger partial charge in [-0.2, -0.15) is 0 Å². The van der Waals surface area contributed by atoms with Crippen LogP contribution in [0.4, 0.5) is 11.4 Å². The van der Waals surface area contributed by atoms with E-state index in [4.69, 9.17) is 4.74 Å². The number of ether oxygens (including phenoxy) is 1. The van der Waals surface area contributed by atoms with Crippen LogP contribution in [0.25, 0.3) is 0 Å². The molecular weight excluding hydrogens is 368 g/mol. The molecule has 1 N–H and O–H groups in total. The molecule has 0 atom stereocenters. The van der Waals surface area contributed by atoms with E-state index >= 15 is 0 Å². The summed E-state index contributed by atoms with van der Waals surface area (Å²) < 4.78 is 5.95. The number of carbonyl (C=O) groups is 1. The van der Waals surface area contributed by atoms with Crippen LogP contribution in [0.2, 0.25) is 0 Å². The molecule has 0 aliphatic heterocycles. The molecule has 0 aliphatic rings. The Labute approximate surface area is 151 Å². The van der Waals surface area contributed by atoms with Crippen molar-refractivity contribution < 1.29 is 9.53 Å². The van der Waals surface area contributed by atoms with Gasteiger partial charge in [-0.05, 0) is 78.7 Å². The average Bonchev–Trinajstić information content (AvgIpc) is 2.58. The highest BCUT2D eigenvalue weighted by molar-refractivity contribution is 9.10. The molecule has 0 aromatic heterocycles. The van der Waals surface area contributed by atoms with Gasteiger partial charge in [0.25, 0.3) is 5.91 Å². The second-order valence-electron chi connectivity index (χ2n) is 5.47. The number of nitrogens with zero attached hydrogens (tertiary/aromatic N) is 1. The van der Waals surface area contributed by atoms with Crippen LogP contribution in [0.3, 0.4) is 0 Å². The molecule has 0 unspecified atom stereocenters. The molecule has 0 fully saturated rings. The van der Waals surface area contributed by atoms with Gasteiger partial charge in [-0.15, -0.1) is 0 Å². The minimum atomic E-state index is -0.142. The molecule has 0 spiro atoms. The molecular formula is C19H23BrN2O2. The Morgan fingerprint density at radius 3 is 2.42 bits per heavy atom. The Morgan fingerprint density at radius 1 is 1.17 bits per heavy atom. The highest BCUT2D eigenvalue weighted by atomic mass is 79.9. The van der Waals surface area contributed by atoms with Gasteiger partial charge in [-0.3, -0.25) is 4.79 Å². The lowest BCUT2D eigenvalue weighted by molar-refractivity contribution is 0.102. The van der Waals surface area contributed by atoms with Crippen LogP contribution in [0.1, 0.15) is 29.8 Å². The predicted octanol–water partition coefficient (Wildman–Crippen LogP) is 4.86. The number of carbonyl (C=O) groups excluding carboxylic acids is 1. The number of rotatable bonds is 6. The van der Waals surface area contributed by atoms with Gasteiger partial charge in [0.1, 0.15) is 5.75 Å². The van der Waals surface area contributed by atoms with Crippen LogP contribution < -0.4 is 15.0 Å². The number of methoxy groups -OCH3 is 1. The van der Waals surface area contributed by atoms with Crippen molar-refractivity contribution in [1.82, 2.24) is 0 Å². The first-order chi connectivity index (χ1) is 11.5. The second kappa shape index (κ2) is 8.20. The van der Waals surface area contributed by atoms with Gasteiger partial charge in [0.15, 0.2) is 0 Å². The number of hydrogen-bond acceptors (Lipinski definition) is 3. The smallest absolute Gasteiger partial charge is 0.255 e. The van der Waals surface area contributed by atoms with Crippen molar-refractivity contribution >= 4 is 33.2 Å². The molecule has 128 valence electrons. The van der Waals surface area contributed by atoms with Crippen LogP contribution in [0.5, 0.6) is 5.75 Å². The summed E-state index contributed by atoms with van der Waals surface area (Å²) in [5, 5.41) is 2.97. The fraction of sp³-hybridized carbons (Fsp3) is 0.316. The van der Waals surface area contributed by atoms with Crippen molar-refractivity contribution in [2.75, 3.05) is 30.4 Å². The van der Waals surface area contributed by atoms with Gasteiger partial charge in [0.2, 0.25) is 0 Å². The summed E-state index contributed by atoms with van der Waals surface area (Å²) in [4.78, 5) is 14.7. The zero-order valence-electron chi connectivity index (χ0n) is 14.5. The first-order valence-electron chi connectivity index (χ1n) is 8.00. The van der Waals surface area contributed by atoms with E-state index in [1.54, 1.807) is 25.3 Å². The number of halogens is 1. The Balaban J connectivity index is 2.18. The van der Waals surface area contributed by atoms with E-state index < -0.39 is 0 Å². The summed E-state index contributed by atoms with van der Waals surface area (Å²) in [6.07, 6.45) is 0. The summed E-state index contributed by atoms with van der Waals surface area (Å²) in [7, 11) is 1.60. The predicted molar refractivity (Wildman–Crippen MR) is 103 cm³/mol. The Kier molecular flexibility index (Phi) is 6.26. The normalized spacial score (nSPS) is 10.4. The summed E-state index contributed by atoms with van der Waals surface area (Å²) in [6, 6.07) is 11.4. The molecule has 0 bridgehead atoms. The third-order valence-corrected chi connectivity index (χ3v) is 4.62. The lowest BCUT2D eigenvalue weighted by Crippen LogP contribution is -2.22. The van der Waals surface area contributed by atoms with E-state index in [1.165, 1.54) is 5.69 Å². The zero-order chi connectivity index (χ0) is 17.7. The molecule has 0 saturated heterocycles. The third kappa shape index (κ3) is 4.09. The molecule has 2 aromatic rings. The minimum absolute atomic E-state index is 0.142. The van der Waals surface area contributed by atoms with Crippen LogP contribution in [-0.2, 0) is 0 Å². The van der Waals surface area contributed by atoms with Crippen molar-refractivity contribution in [2.24, 2.45) is 0 Å². The molecule has 0 saturated carbocycles. The number of nitrogens with one attached hydrogen (secondary N) is 1. The fourth-order valence-corrected chi connectivity index (χ4v) is 3.12. The number of hydrogen-bond donors (Lipinski definition) is 1. The van der Waals surface area contributed by atoms with E-state index in [1.807, 2.05) is 19.1 Å². The number of benzene rings is 2. The van der Waals surface area contributed by atoms with Gasteiger partial charge in [-0.1, -0.05) is 0 Å². The van der Waals surface area contributed by atoms with Crippen LogP contribution >= 0.6 is 15.9 Å². The lowest BCUT2D eigenvalue weighted by atomic mass is 10.1. The molecule has 2 rings (SSSR count). The second-order valence-corrected chi connectivity index (χ2v) is 6.33. The van der Waals surface area contributed by atoms with Crippen molar-refractivity contribution in [2.45, 2.75) is 20.8 Å². The lowest BCUT2D eigenvalue weighted by Gasteiger charge is -2.22. The standard InChI is InChI=1S/C19H23BrN2O2/c1-5-22(6-2)15-8-9-17(13(3)11-15)21-19(23)14-7-10-18(24-4)16(20)12-14/h7-12H,5-6H2,1-4H3,(H,21,23). The highest BCUT2D eigenvalue weighted by Gasteiger charge is 2.11. The minimum Gasteiger partial charge on any atom is -0.496 e. The van der Waals surface area contributed by atoms with E-state index in [0.717, 1.165) is 28.8 Å². The monoisotopic (exact) mass is 390 g/mol. The SMILES string of the molecule is CCN(CC)c1ccc(NC(=O)c2ccc(OC)c(Br)c2)c(C)c1. The van der Waals surface area contributed by atoms with E-state index in [-0.39, 0.29) is 5.91 Å². The number of aryl methyl sites for hydroxylation is 1. The van der Waals surface area contributed by atoms with Gasteiger partial charge in [0, 0.05) is 30.0 Å². The van der Waals surface area contributed by atoms with Gasteiger partial charge in [0.05, 0.1) is 11.6 Å². The van der Waals surface area contributed by atoms with Crippen LogP contribution in [0.15, 0.2) is 40.9 Å². The molecule has 5 heteroatoms. The Morgan fingerprint density at radius 2 is 1.88 bits per heavy atom. The Hall–Kier alpha value is -2.01. The van der Waals surface area contributed by atoms with Gasteiger partial charge in [-0.25, -0.2) is 0 Å². The molecule has 24 heavy (non-hydrogen) atoms. The molecule has 4 nitrogen and oxygen atoms in total. The first kappa shape index (κ1) is 18.3. The summed E-state index contributed by atoms with van der Waals surface area (Å²) in [5.74, 6) is 0.559. The van der Waals surface area contributed by atoms with Crippen molar-refractivity contribution in [3.05, 3.63) is 52.0 Å². The van der Waals surface area contributed by atoms with Gasteiger partial charge >= 0.3 is 0 Å². The van der Waals surface area contributed by atoms with Crippen LogP contribution in [0, 0.1) is 6.92 Å². The highest BCUT2D eigenvalue weighted by Crippen LogP contribution is 2.27. The summed E-state index contributed by atoms with van der Waals surface area (Å²) in [6.45, 7) is 8.20. The molecule has 0 radical (unpaired) electrons. The summed E-state index contributed by atoms with van der Waals surface area (Å²) >= 11 is 3.41. The first-order valence-corrected chi connectivity index (χ1v) is 8.79.